The molecule has 126 valence electrons. The summed E-state index contributed by atoms with van der Waals surface area (Å²) in [7, 11) is -3.28. The third-order valence-corrected chi connectivity index (χ3v) is 3.61. The number of hydrogen-bond acceptors (Lipinski definition) is 8. The Hall–Kier alpha value is -2.63. The molecule has 0 saturated carbocycles. The maximum Gasteiger partial charge on any atom is 0.466 e. The van der Waals surface area contributed by atoms with Crippen LogP contribution in [0.5, 0.6) is 0 Å². The zero-order valence-electron chi connectivity index (χ0n) is 12.7. The number of H-pyrrole nitrogens is 1. The third kappa shape index (κ3) is 3.18. The summed E-state index contributed by atoms with van der Waals surface area (Å²) in [6, 6.07) is 0. The van der Waals surface area contributed by atoms with Crippen LogP contribution in [-0.4, -0.2) is 51.8 Å². The lowest BCUT2D eigenvalue weighted by Crippen LogP contribution is -2.29. The van der Waals surface area contributed by atoms with Gasteiger partial charge in [-0.25, -0.2) is 19.2 Å². The van der Waals surface area contributed by atoms with E-state index >= 15 is 0 Å². The van der Waals surface area contributed by atoms with Gasteiger partial charge in [-0.2, -0.15) is 8.42 Å². The van der Waals surface area contributed by atoms with Crippen LogP contribution >= 0.6 is 0 Å². The first-order valence-corrected chi connectivity index (χ1v) is 8.07. The molecule has 0 saturated heterocycles. The van der Waals surface area contributed by atoms with Crippen molar-refractivity contribution in [2.45, 2.75) is 13.0 Å². The fourth-order valence-electron chi connectivity index (χ4n) is 2.29. The van der Waals surface area contributed by atoms with E-state index in [1.807, 2.05) is 0 Å². The van der Waals surface area contributed by atoms with Gasteiger partial charge in [-0.3, -0.25) is 4.55 Å². The van der Waals surface area contributed by atoms with E-state index in [2.05, 4.69) is 29.4 Å². The molecule has 0 amide bonds. The summed E-state index contributed by atoms with van der Waals surface area (Å²) >= 11 is 0. The molecule has 3 rings (SSSR count). The predicted octanol–water partition coefficient (Wildman–Crippen LogP) is 0.887. The molecule has 2 heterocycles. The van der Waals surface area contributed by atoms with E-state index in [9.17, 15) is 8.42 Å². The van der Waals surface area contributed by atoms with Crippen LogP contribution in [0, 0.1) is 0 Å². The zero-order chi connectivity index (χ0) is 17.3. The number of fused-ring (bicyclic) bond motifs is 1. The molecule has 2 N–H and O–H groups in total. The van der Waals surface area contributed by atoms with Gasteiger partial charge in [-0.05, 0) is 12.5 Å². The molecular weight excluding hydrogens is 338 g/mol. The number of nitrogens with one attached hydrogen (secondary N) is 1. The van der Waals surface area contributed by atoms with Crippen LogP contribution in [0.1, 0.15) is 12.7 Å². The largest absolute Gasteiger partial charge is 0.466 e. The summed E-state index contributed by atoms with van der Waals surface area (Å²) in [5.74, 6) is 0.473. The minimum Gasteiger partial charge on any atom is -0.370 e. The van der Waals surface area contributed by atoms with Crippen LogP contribution in [0.4, 0.5) is 0 Å². The highest BCUT2D eigenvalue weighted by Gasteiger charge is 2.29. The second-order valence-electron chi connectivity index (χ2n) is 4.91. The van der Waals surface area contributed by atoms with E-state index in [0.29, 0.717) is 28.1 Å². The molecule has 0 radical (unpaired) electrons. The van der Waals surface area contributed by atoms with E-state index in [1.54, 1.807) is 25.3 Å². The minimum atomic E-state index is -4.71. The number of allylic oxidation sites excluding steroid dienone is 2. The SMILES string of the molecule is COC1C(c2nc3ncncc3[nH]2)=CC=C(C)C1=NOS(=O)(=O)O. The minimum absolute atomic E-state index is 0.194. The van der Waals surface area contributed by atoms with Crippen LogP contribution in [0.25, 0.3) is 16.7 Å². The Morgan fingerprint density at radius 2 is 2.17 bits per heavy atom. The Bertz CT molecular complexity index is 943. The number of hydrogen-bond donors (Lipinski definition) is 2. The van der Waals surface area contributed by atoms with Crippen LogP contribution in [0.3, 0.4) is 0 Å². The number of nitrogens with zero attached hydrogens (tertiary/aromatic N) is 4. The van der Waals surface area contributed by atoms with Gasteiger partial charge in [0.25, 0.3) is 0 Å². The molecule has 11 heteroatoms. The number of imidazole rings is 1. The Labute approximate surface area is 136 Å². The summed E-state index contributed by atoms with van der Waals surface area (Å²) in [5, 5.41) is 3.49. The fourth-order valence-corrected chi connectivity index (χ4v) is 2.46. The highest BCUT2D eigenvalue weighted by atomic mass is 32.3. The second-order valence-corrected chi connectivity index (χ2v) is 5.92. The zero-order valence-corrected chi connectivity index (χ0v) is 13.5. The van der Waals surface area contributed by atoms with Crippen molar-refractivity contribution in [3.8, 4) is 0 Å². The van der Waals surface area contributed by atoms with E-state index in [4.69, 9.17) is 9.29 Å². The van der Waals surface area contributed by atoms with Crippen molar-refractivity contribution >= 4 is 32.8 Å². The average Bonchev–Trinajstić information content (AvgIpc) is 2.96. The molecule has 10 nitrogen and oxygen atoms in total. The smallest absolute Gasteiger partial charge is 0.370 e. The van der Waals surface area contributed by atoms with E-state index in [-0.39, 0.29) is 5.71 Å². The fraction of sp³-hybridized carbons (Fsp3) is 0.231. The van der Waals surface area contributed by atoms with Crippen LogP contribution < -0.4 is 0 Å². The molecular formula is C13H13N5O5S. The summed E-state index contributed by atoms with van der Waals surface area (Å²) in [5.41, 5.74) is 2.53. The van der Waals surface area contributed by atoms with Crippen LogP contribution in [0.15, 0.2) is 35.4 Å². The molecule has 24 heavy (non-hydrogen) atoms. The summed E-state index contributed by atoms with van der Waals surface area (Å²) in [6.45, 7) is 1.70. The van der Waals surface area contributed by atoms with Crippen LogP contribution in [-0.2, 0) is 19.4 Å². The molecule has 1 atom stereocenters. The van der Waals surface area contributed by atoms with Crippen molar-refractivity contribution in [2.24, 2.45) is 5.16 Å². The molecule has 2 aromatic rings. The van der Waals surface area contributed by atoms with E-state index < -0.39 is 16.5 Å². The first-order chi connectivity index (χ1) is 11.4. The Morgan fingerprint density at radius 1 is 1.38 bits per heavy atom. The lowest BCUT2D eigenvalue weighted by Gasteiger charge is -2.22. The van der Waals surface area contributed by atoms with Gasteiger partial charge in [0.15, 0.2) is 5.65 Å². The third-order valence-electron chi connectivity index (χ3n) is 3.35. The number of oxime groups is 1. The highest BCUT2D eigenvalue weighted by molar-refractivity contribution is 7.80. The first-order valence-electron chi connectivity index (χ1n) is 6.70. The normalized spacial score (nSPS) is 20.1. The maximum absolute atomic E-state index is 10.8. The molecule has 0 aromatic carbocycles. The topological polar surface area (TPSA) is 140 Å². The van der Waals surface area contributed by atoms with Crippen molar-refractivity contribution < 1.29 is 22.0 Å². The lowest BCUT2D eigenvalue weighted by atomic mass is 9.93. The van der Waals surface area contributed by atoms with Gasteiger partial charge in [0.1, 0.15) is 29.5 Å². The molecule has 1 aliphatic rings. The van der Waals surface area contributed by atoms with Gasteiger partial charge in [0.05, 0.1) is 6.20 Å². The molecule has 0 fully saturated rings. The van der Waals surface area contributed by atoms with Crippen molar-refractivity contribution in [1.82, 2.24) is 19.9 Å². The van der Waals surface area contributed by atoms with Gasteiger partial charge < -0.3 is 9.72 Å². The molecule has 2 aromatic heterocycles. The Balaban J connectivity index is 2.04. The van der Waals surface area contributed by atoms with Gasteiger partial charge in [-0.15, -0.1) is 0 Å². The number of rotatable bonds is 4. The van der Waals surface area contributed by atoms with E-state index in [0.717, 1.165) is 0 Å². The van der Waals surface area contributed by atoms with Gasteiger partial charge >= 0.3 is 10.4 Å². The lowest BCUT2D eigenvalue weighted by molar-refractivity contribution is 0.192. The quantitative estimate of drug-likeness (QED) is 0.611. The monoisotopic (exact) mass is 351 g/mol. The Kier molecular flexibility index (Phi) is 4.13. The molecule has 0 aliphatic heterocycles. The van der Waals surface area contributed by atoms with E-state index in [1.165, 1.54) is 13.4 Å². The second kappa shape index (κ2) is 6.11. The number of aromatic amines is 1. The Morgan fingerprint density at radius 3 is 2.83 bits per heavy atom. The summed E-state index contributed by atoms with van der Waals surface area (Å²) in [4.78, 5) is 15.4. The maximum atomic E-state index is 10.8. The first kappa shape index (κ1) is 16.2. The van der Waals surface area contributed by atoms with Crippen LogP contribution in [0.2, 0.25) is 0 Å². The van der Waals surface area contributed by atoms with Crippen molar-refractivity contribution in [3.05, 3.63) is 36.1 Å². The highest BCUT2D eigenvalue weighted by Crippen LogP contribution is 2.27. The predicted molar refractivity (Wildman–Crippen MR) is 84.3 cm³/mol. The van der Waals surface area contributed by atoms with Crippen molar-refractivity contribution in [1.29, 1.82) is 0 Å². The number of aromatic nitrogens is 4. The molecule has 1 unspecified atom stereocenters. The molecule has 0 bridgehead atoms. The summed E-state index contributed by atoms with van der Waals surface area (Å²) in [6.07, 6.45) is 5.69. The average molecular weight is 351 g/mol. The van der Waals surface area contributed by atoms with Gasteiger partial charge in [0, 0.05) is 12.7 Å². The van der Waals surface area contributed by atoms with Crippen molar-refractivity contribution in [2.75, 3.05) is 7.11 Å². The number of methoxy groups -OCH3 is 1. The molecule has 0 spiro atoms. The molecule has 1 aliphatic carbocycles. The van der Waals surface area contributed by atoms with Gasteiger partial charge in [-0.1, -0.05) is 17.3 Å². The standard InChI is InChI=1S/C13H13N5O5S/c1-7-3-4-8(11(22-2)10(7)18-23-24(19,20)21)12-16-9-5-14-6-15-13(9)17-12/h3-6,11H,1-2H3,(H,19,20,21)(H,14,15,16,17). The number of ether oxygens (including phenoxy) is 1. The van der Waals surface area contributed by atoms with Gasteiger partial charge in [0.2, 0.25) is 0 Å². The van der Waals surface area contributed by atoms with Crippen molar-refractivity contribution in [3.63, 3.8) is 0 Å². The summed E-state index contributed by atoms with van der Waals surface area (Å²) < 4.78 is 39.8.